The lowest BCUT2D eigenvalue weighted by atomic mass is 9.85. The third-order valence-corrected chi connectivity index (χ3v) is 7.13. The van der Waals surface area contributed by atoms with Crippen LogP contribution < -0.4 is 5.32 Å². The topological polar surface area (TPSA) is 86.8 Å². The highest BCUT2D eigenvalue weighted by Crippen LogP contribution is 2.35. The minimum atomic E-state index is -0.772. The minimum Gasteiger partial charge on any atom is -0.350 e. The fraction of sp³-hybridized carbons (Fsp3) is 0.538. The Labute approximate surface area is 216 Å². The standard InChI is InChI=1S/C26H33Cl2N3O4/c1-5-21(23(33)29-26(2,3)4)31(15-18-19(27)11-8-12-20(18)28)22(32)13-14-30-24(34)16-9-6-7-10-17(16)25(30)35/h6-8,11-12,16-17,21H,5,9-10,13-15H2,1-4H3,(H,29,33)/t16-,17+,21-/m1/s1. The predicted octanol–water partition coefficient (Wildman–Crippen LogP) is 4.36. The van der Waals surface area contributed by atoms with Gasteiger partial charge in [-0.15, -0.1) is 0 Å². The molecular weight excluding hydrogens is 489 g/mol. The van der Waals surface area contributed by atoms with E-state index in [-0.39, 0.29) is 55.0 Å². The molecule has 1 aliphatic carbocycles. The summed E-state index contributed by atoms with van der Waals surface area (Å²) in [5.74, 6) is -1.79. The van der Waals surface area contributed by atoms with Crippen LogP contribution in [0.1, 0.15) is 58.9 Å². The normalized spacial score (nSPS) is 20.6. The van der Waals surface area contributed by atoms with E-state index >= 15 is 0 Å². The van der Waals surface area contributed by atoms with Crippen LogP contribution in [-0.2, 0) is 25.7 Å². The van der Waals surface area contributed by atoms with Crippen molar-refractivity contribution in [3.8, 4) is 0 Å². The molecule has 7 nitrogen and oxygen atoms in total. The molecule has 1 aliphatic heterocycles. The molecular formula is C26H33Cl2N3O4. The summed E-state index contributed by atoms with van der Waals surface area (Å²) in [5.41, 5.74) is 0.0524. The molecule has 1 heterocycles. The summed E-state index contributed by atoms with van der Waals surface area (Å²) >= 11 is 12.7. The number of nitrogens with zero attached hydrogens (tertiary/aromatic N) is 2. The van der Waals surface area contributed by atoms with Crippen molar-refractivity contribution in [1.82, 2.24) is 15.1 Å². The zero-order valence-corrected chi connectivity index (χ0v) is 22.2. The van der Waals surface area contributed by atoms with Crippen LogP contribution in [0.15, 0.2) is 30.4 Å². The highest BCUT2D eigenvalue weighted by molar-refractivity contribution is 6.36. The number of amides is 4. The molecule has 1 aromatic rings. The van der Waals surface area contributed by atoms with Crippen molar-refractivity contribution in [1.29, 1.82) is 0 Å². The molecule has 3 atom stereocenters. The van der Waals surface area contributed by atoms with Gasteiger partial charge in [-0.25, -0.2) is 0 Å². The fourth-order valence-corrected chi connectivity index (χ4v) is 5.18. The van der Waals surface area contributed by atoms with Crippen molar-refractivity contribution in [2.24, 2.45) is 11.8 Å². The van der Waals surface area contributed by atoms with E-state index < -0.39 is 11.6 Å². The number of hydrogen-bond donors (Lipinski definition) is 1. The van der Waals surface area contributed by atoms with Crippen molar-refractivity contribution in [2.75, 3.05) is 6.54 Å². The van der Waals surface area contributed by atoms with Gasteiger partial charge >= 0.3 is 0 Å². The zero-order chi connectivity index (χ0) is 25.9. The average molecular weight is 522 g/mol. The molecule has 0 unspecified atom stereocenters. The van der Waals surface area contributed by atoms with Crippen LogP contribution in [0, 0.1) is 11.8 Å². The van der Waals surface area contributed by atoms with E-state index in [1.54, 1.807) is 18.2 Å². The predicted molar refractivity (Wildman–Crippen MR) is 136 cm³/mol. The summed E-state index contributed by atoms with van der Waals surface area (Å²) < 4.78 is 0. The van der Waals surface area contributed by atoms with Crippen molar-refractivity contribution in [3.63, 3.8) is 0 Å². The van der Waals surface area contributed by atoms with Gasteiger partial charge in [-0.2, -0.15) is 0 Å². The molecule has 190 valence electrons. The van der Waals surface area contributed by atoms with E-state index in [4.69, 9.17) is 23.2 Å². The summed E-state index contributed by atoms with van der Waals surface area (Å²) in [6.07, 6.45) is 5.22. The lowest BCUT2D eigenvalue weighted by molar-refractivity contribution is -0.144. The monoisotopic (exact) mass is 521 g/mol. The van der Waals surface area contributed by atoms with Crippen LogP contribution in [0.2, 0.25) is 10.0 Å². The van der Waals surface area contributed by atoms with Crippen molar-refractivity contribution in [3.05, 3.63) is 46.0 Å². The van der Waals surface area contributed by atoms with Crippen LogP contribution in [0.3, 0.4) is 0 Å². The molecule has 3 rings (SSSR count). The number of imide groups is 1. The summed E-state index contributed by atoms with van der Waals surface area (Å²) in [6, 6.07) is 4.30. The van der Waals surface area contributed by atoms with Crippen LogP contribution in [0.4, 0.5) is 0 Å². The quantitative estimate of drug-likeness (QED) is 0.406. The first-order chi connectivity index (χ1) is 16.4. The maximum atomic E-state index is 13.5. The lowest BCUT2D eigenvalue weighted by Crippen LogP contribution is -2.53. The number of benzene rings is 1. The highest BCUT2D eigenvalue weighted by atomic mass is 35.5. The Morgan fingerprint density at radius 3 is 2.11 bits per heavy atom. The first kappa shape index (κ1) is 27.2. The van der Waals surface area contributed by atoms with Gasteiger partial charge in [-0.05, 0) is 52.2 Å². The number of fused-ring (bicyclic) bond motifs is 1. The molecule has 0 saturated carbocycles. The van der Waals surface area contributed by atoms with Gasteiger partial charge in [0.05, 0.1) is 11.8 Å². The second kappa shape index (κ2) is 11.1. The zero-order valence-electron chi connectivity index (χ0n) is 20.6. The van der Waals surface area contributed by atoms with E-state index in [0.29, 0.717) is 34.9 Å². The van der Waals surface area contributed by atoms with Gasteiger partial charge in [-0.3, -0.25) is 24.1 Å². The van der Waals surface area contributed by atoms with Gasteiger partial charge in [0.2, 0.25) is 23.6 Å². The number of nitrogens with one attached hydrogen (secondary N) is 1. The van der Waals surface area contributed by atoms with Gasteiger partial charge in [0.15, 0.2) is 0 Å². The first-order valence-corrected chi connectivity index (χ1v) is 12.7. The van der Waals surface area contributed by atoms with Crippen LogP contribution >= 0.6 is 23.2 Å². The summed E-state index contributed by atoms with van der Waals surface area (Å²) in [5, 5.41) is 3.72. The average Bonchev–Trinajstić information content (AvgIpc) is 3.02. The molecule has 35 heavy (non-hydrogen) atoms. The van der Waals surface area contributed by atoms with Gasteiger partial charge in [0, 0.05) is 40.7 Å². The van der Waals surface area contributed by atoms with E-state index in [9.17, 15) is 19.2 Å². The Morgan fingerprint density at radius 2 is 1.63 bits per heavy atom. The second-order valence-electron chi connectivity index (χ2n) is 10.1. The van der Waals surface area contributed by atoms with Crippen LogP contribution in [0.5, 0.6) is 0 Å². The van der Waals surface area contributed by atoms with Crippen molar-refractivity contribution < 1.29 is 19.2 Å². The molecule has 1 N–H and O–H groups in total. The summed E-state index contributed by atoms with van der Waals surface area (Å²) in [6.45, 7) is 7.44. The Morgan fingerprint density at radius 1 is 1.09 bits per heavy atom. The molecule has 4 amide bonds. The Balaban J connectivity index is 1.82. The smallest absolute Gasteiger partial charge is 0.243 e. The first-order valence-electron chi connectivity index (χ1n) is 12.0. The second-order valence-corrected chi connectivity index (χ2v) is 10.9. The maximum Gasteiger partial charge on any atom is 0.243 e. The number of likely N-dealkylation sites (tertiary alicyclic amines) is 1. The molecule has 2 aliphatic rings. The third kappa shape index (κ3) is 6.25. The highest BCUT2D eigenvalue weighted by Gasteiger charge is 2.47. The van der Waals surface area contributed by atoms with E-state index in [2.05, 4.69) is 5.32 Å². The number of carbonyl (C=O) groups excluding carboxylic acids is 4. The molecule has 1 aromatic carbocycles. The van der Waals surface area contributed by atoms with E-state index in [0.717, 1.165) is 0 Å². The van der Waals surface area contributed by atoms with Crippen LogP contribution in [-0.4, -0.2) is 51.6 Å². The molecule has 1 fully saturated rings. The van der Waals surface area contributed by atoms with Crippen LogP contribution in [0.25, 0.3) is 0 Å². The molecule has 9 heteroatoms. The SMILES string of the molecule is CC[C@H](C(=O)NC(C)(C)C)N(Cc1c(Cl)cccc1Cl)C(=O)CCN1C(=O)[C@H]2CC=CC[C@H]2C1=O. The maximum absolute atomic E-state index is 13.5. The van der Waals surface area contributed by atoms with Gasteiger partial charge in [-0.1, -0.05) is 48.3 Å². The van der Waals surface area contributed by atoms with E-state index in [1.165, 1.54) is 9.80 Å². The number of hydrogen-bond acceptors (Lipinski definition) is 4. The molecule has 0 aromatic heterocycles. The molecule has 0 bridgehead atoms. The Bertz CT molecular complexity index is 988. The van der Waals surface area contributed by atoms with E-state index in [1.807, 2.05) is 39.8 Å². The lowest BCUT2D eigenvalue weighted by Gasteiger charge is -2.33. The van der Waals surface area contributed by atoms with Crippen molar-refractivity contribution >= 4 is 46.8 Å². The molecule has 1 saturated heterocycles. The Hall–Kier alpha value is -2.38. The van der Waals surface area contributed by atoms with Gasteiger partial charge in [0.1, 0.15) is 6.04 Å². The van der Waals surface area contributed by atoms with Gasteiger partial charge < -0.3 is 10.2 Å². The largest absolute Gasteiger partial charge is 0.350 e. The summed E-state index contributed by atoms with van der Waals surface area (Å²) in [4.78, 5) is 54.9. The van der Waals surface area contributed by atoms with Crippen molar-refractivity contribution in [2.45, 2.75) is 71.5 Å². The third-order valence-electron chi connectivity index (χ3n) is 6.42. The summed E-state index contributed by atoms with van der Waals surface area (Å²) in [7, 11) is 0. The number of carbonyl (C=O) groups is 4. The Kier molecular flexibility index (Phi) is 8.65. The fourth-order valence-electron chi connectivity index (χ4n) is 4.67. The molecule has 0 spiro atoms. The number of rotatable bonds is 8. The minimum absolute atomic E-state index is 0.0203. The number of halogens is 2. The molecule has 0 radical (unpaired) electrons. The van der Waals surface area contributed by atoms with Gasteiger partial charge in [0.25, 0.3) is 0 Å². The number of allylic oxidation sites excluding steroid dienone is 2.